The van der Waals surface area contributed by atoms with E-state index in [0.717, 1.165) is 17.7 Å². The van der Waals surface area contributed by atoms with Crippen molar-refractivity contribution in [3.05, 3.63) is 69.2 Å². The smallest absolute Gasteiger partial charge is 0.280 e. The normalized spacial score (nSPS) is 18.1. The number of hydrogen-bond donors (Lipinski definition) is 0. The van der Waals surface area contributed by atoms with Crippen molar-refractivity contribution >= 4 is 29.0 Å². The van der Waals surface area contributed by atoms with Crippen LogP contribution < -0.4 is 0 Å². The molecule has 2 aromatic heterocycles. The lowest BCUT2D eigenvalue weighted by molar-refractivity contribution is 0.146. The Morgan fingerprint density at radius 1 is 1.21 bits per heavy atom. The Hall–Kier alpha value is -2.09. The molecule has 1 aliphatic heterocycles. The molecule has 0 unspecified atom stereocenters. The average molecular weight is 424 g/mol. The number of nitrogens with zero attached hydrogens (tertiary/aromatic N) is 5. The van der Waals surface area contributed by atoms with Crippen molar-refractivity contribution in [1.82, 2.24) is 24.5 Å². The zero-order valence-corrected chi connectivity index (χ0v) is 16.5. The summed E-state index contributed by atoms with van der Waals surface area (Å²) in [6, 6.07) is 6.99. The van der Waals surface area contributed by atoms with Crippen LogP contribution in [0.25, 0.3) is 5.78 Å². The third kappa shape index (κ3) is 3.74. The van der Waals surface area contributed by atoms with E-state index in [1.54, 1.807) is 6.07 Å². The van der Waals surface area contributed by atoms with E-state index < -0.39 is 6.43 Å². The van der Waals surface area contributed by atoms with Gasteiger partial charge in [0, 0.05) is 25.6 Å². The summed E-state index contributed by atoms with van der Waals surface area (Å²) in [5, 5.41) is 5.21. The Bertz CT molecular complexity index is 1050. The fourth-order valence-corrected chi connectivity index (χ4v) is 3.78. The van der Waals surface area contributed by atoms with Gasteiger partial charge in [0.25, 0.3) is 12.2 Å². The second kappa shape index (κ2) is 7.73. The molecule has 1 aromatic carbocycles. The van der Waals surface area contributed by atoms with E-state index >= 15 is 0 Å². The molecule has 1 atom stereocenters. The lowest BCUT2D eigenvalue weighted by Gasteiger charge is -2.32. The monoisotopic (exact) mass is 423 g/mol. The van der Waals surface area contributed by atoms with Crippen molar-refractivity contribution in [3.8, 4) is 0 Å². The summed E-state index contributed by atoms with van der Waals surface area (Å²) in [6.07, 6.45) is 0.772. The summed E-state index contributed by atoms with van der Waals surface area (Å²) >= 11 is 12.1. The lowest BCUT2D eigenvalue weighted by atomic mass is 9.92. The highest BCUT2D eigenvalue weighted by Gasteiger charge is 2.26. The highest BCUT2D eigenvalue weighted by atomic mass is 35.5. The fourth-order valence-electron chi connectivity index (χ4n) is 3.46. The molecule has 28 heavy (non-hydrogen) atoms. The summed E-state index contributed by atoms with van der Waals surface area (Å²) in [4.78, 5) is 10.1. The Morgan fingerprint density at radius 3 is 2.79 bits per heavy atom. The van der Waals surface area contributed by atoms with Crippen LogP contribution in [0.2, 0.25) is 10.0 Å². The van der Waals surface area contributed by atoms with Crippen LogP contribution in [0.3, 0.4) is 0 Å². The van der Waals surface area contributed by atoms with Gasteiger partial charge in [0.1, 0.15) is 12.0 Å². The number of rotatable bonds is 4. The highest BCUT2D eigenvalue weighted by Crippen LogP contribution is 2.31. The lowest BCUT2D eigenvalue weighted by Crippen LogP contribution is -2.33. The van der Waals surface area contributed by atoms with E-state index in [9.17, 15) is 8.78 Å². The maximum Gasteiger partial charge on any atom is 0.280 e. The van der Waals surface area contributed by atoms with Crippen molar-refractivity contribution in [2.24, 2.45) is 0 Å². The SMILES string of the molecule is CC1=CCN(Cc2ccc(Cl)c(Cl)c2)C[C@H]1c1cc(C(F)F)nc2ncnn12. The topological polar surface area (TPSA) is 46.3 Å². The molecule has 5 nitrogen and oxygen atoms in total. The standard InChI is InChI=1S/C19H17Cl2F2N5/c1-11-4-5-27(8-12-2-3-14(20)15(21)6-12)9-13(11)17-7-16(18(22)23)26-19-24-10-25-28(17)19/h2-4,6-7,10,13,18H,5,8-9H2,1H3/t13-/m1/s1. The number of alkyl halides is 2. The minimum absolute atomic E-state index is 0.0961. The zero-order valence-electron chi connectivity index (χ0n) is 15.0. The van der Waals surface area contributed by atoms with E-state index in [1.807, 2.05) is 19.1 Å². The van der Waals surface area contributed by atoms with Gasteiger partial charge in [0.15, 0.2) is 0 Å². The minimum Gasteiger partial charge on any atom is -0.294 e. The van der Waals surface area contributed by atoms with Crippen molar-refractivity contribution in [2.45, 2.75) is 25.8 Å². The first-order chi connectivity index (χ1) is 13.4. The van der Waals surface area contributed by atoms with Gasteiger partial charge in [-0.15, -0.1) is 0 Å². The van der Waals surface area contributed by atoms with E-state index in [0.29, 0.717) is 28.8 Å². The molecule has 0 fully saturated rings. The third-order valence-electron chi connectivity index (χ3n) is 4.93. The minimum atomic E-state index is -2.67. The molecule has 4 rings (SSSR count). The maximum absolute atomic E-state index is 13.3. The molecular formula is C19H17Cl2F2N5. The number of hydrogen-bond acceptors (Lipinski definition) is 4. The molecule has 0 N–H and O–H groups in total. The van der Waals surface area contributed by atoms with Crippen LogP contribution in [-0.4, -0.2) is 37.6 Å². The van der Waals surface area contributed by atoms with Gasteiger partial charge in [0.2, 0.25) is 0 Å². The Kier molecular flexibility index (Phi) is 5.31. The summed E-state index contributed by atoms with van der Waals surface area (Å²) < 4.78 is 28.2. The zero-order chi connectivity index (χ0) is 19.8. The van der Waals surface area contributed by atoms with Crippen molar-refractivity contribution in [2.75, 3.05) is 13.1 Å². The second-order valence-corrected chi connectivity index (χ2v) is 7.64. The quantitative estimate of drug-likeness (QED) is 0.559. The summed E-state index contributed by atoms with van der Waals surface area (Å²) in [5.74, 6) is 0.0865. The molecule has 3 aromatic rings. The average Bonchev–Trinajstić information content (AvgIpc) is 3.14. The predicted octanol–water partition coefficient (Wildman–Crippen LogP) is 4.91. The first-order valence-electron chi connectivity index (χ1n) is 8.74. The van der Waals surface area contributed by atoms with Crippen LogP contribution in [0.4, 0.5) is 8.78 Å². The molecule has 0 radical (unpaired) electrons. The van der Waals surface area contributed by atoms with Crippen LogP contribution in [0.1, 0.15) is 36.2 Å². The van der Waals surface area contributed by atoms with Crippen LogP contribution in [0, 0.1) is 0 Å². The van der Waals surface area contributed by atoms with Gasteiger partial charge in [-0.25, -0.2) is 18.3 Å². The van der Waals surface area contributed by atoms with E-state index in [1.165, 1.54) is 16.9 Å². The largest absolute Gasteiger partial charge is 0.294 e. The van der Waals surface area contributed by atoms with Crippen LogP contribution >= 0.6 is 23.2 Å². The van der Waals surface area contributed by atoms with Crippen molar-refractivity contribution in [1.29, 1.82) is 0 Å². The first-order valence-corrected chi connectivity index (χ1v) is 9.49. The van der Waals surface area contributed by atoms with Gasteiger partial charge in [-0.1, -0.05) is 40.9 Å². The summed E-state index contributed by atoms with van der Waals surface area (Å²) in [5.41, 5.74) is 2.51. The van der Waals surface area contributed by atoms with Crippen LogP contribution in [0.15, 0.2) is 42.2 Å². The summed E-state index contributed by atoms with van der Waals surface area (Å²) in [7, 11) is 0. The number of benzene rings is 1. The molecule has 0 spiro atoms. The van der Waals surface area contributed by atoms with Gasteiger partial charge < -0.3 is 0 Å². The Morgan fingerprint density at radius 2 is 2.04 bits per heavy atom. The predicted molar refractivity (Wildman–Crippen MR) is 104 cm³/mol. The molecule has 0 bridgehead atoms. The summed E-state index contributed by atoms with van der Waals surface area (Å²) in [6.45, 7) is 4.09. The molecule has 0 saturated carbocycles. The fraction of sp³-hybridized carbons (Fsp3) is 0.316. The van der Waals surface area contributed by atoms with Gasteiger partial charge >= 0.3 is 0 Å². The Labute approximate surface area is 170 Å². The van der Waals surface area contributed by atoms with E-state index in [4.69, 9.17) is 23.2 Å². The Balaban J connectivity index is 1.65. The van der Waals surface area contributed by atoms with Gasteiger partial charge in [-0.3, -0.25) is 4.90 Å². The molecule has 0 amide bonds. The third-order valence-corrected chi connectivity index (χ3v) is 5.67. The molecule has 3 heterocycles. The molecular weight excluding hydrogens is 407 g/mol. The number of halogens is 4. The van der Waals surface area contributed by atoms with Gasteiger partial charge in [0.05, 0.1) is 15.7 Å². The first kappa shape index (κ1) is 19.2. The van der Waals surface area contributed by atoms with Gasteiger partial charge in [-0.05, 0) is 30.7 Å². The van der Waals surface area contributed by atoms with Crippen LogP contribution in [-0.2, 0) is 6.54 Å². The maximum atomic E-state index is 13.3. The van der Waals surface area contributed by atoms with Crippen molar-refractivity contribution < 1.29 is 8.78 Å². The van der Waals surface area contributed by atoms with E-state index in [2.05, 4.69) is 26.0 Å². The number of fused-ring (bicyclic) bond motifs is 1. The highest BCUT2D eigenvalue weighted by molar-refractivity contribution is 6.42. The number of aromatic nitrogens is 4. The molecule has 146 valence electrons. The van der Waals surface area contributed by atoms with Crippen LogP contribution in [0.5, 0.6) is 0 Å². The van der Waals surface area contributed by atoms with Gasteiger partial charge in [-0.2, -0.15) is 10.1 Å². The second-order valence-electron chi connectivity index (χ2n) is 6.82. The van der Waals surface area contributed by atoms with E-state index in [-0.39, 0.29) is 17.4 Å². The molecule has 0 saturated heterocycles. The molecule has 9 heteroatoms. The van der Waals surface area contributed by atoms with Crippen molar-refractivity contribution in [3.63, 3.8) is 0 Å². The molecule has 0 aliphatic carbocycles. The molecule has 1 aliphatic rings.